The van der Waals surface area contributed by atoms with E-state index in [1.54, 1.807) is 32.8 Å². The summed E-state index contributed by atoms with van der Waals surface area (Å²) >= 11 is 0. The van der Waals surface area contributed by atoms with E-state index in [1.165, 1.54) is 17.0 Å². The molecule has 0 saturated carbocycles. The summed E-state index contributed by atoms with van der Waals surface area (Å²) in [6.07, 6.45) is 2.43. The molecule has 3 amide bonds. The highest BCUT2D eigenvalue weighted by Gasteiger charge is 2.42. The van der Waals surface area contributed by atoms with Crippen molar-refractivity contribution < 1.29 is 14.0 Å². The van der Waals surface area contributed by atoms with Crippen LogP contribution in [-0.2, 0) is 11.2 Å². The minimum Gasteiger partial charge on any atom is -0.310 e. The van der Waals surface area contributed by atoms with Crippen LogP contribution in [0.2, 0.25) is 0 Å². The minimum atomic E-state index is -0.364. The molecular formula is C23H19FN6O2. The van der Waals surface area contributed by atoms with Crippen molar-refractivity contribution in [1.29, 1.82) is 0 Å². The molecule has 0 N–H and O–H groups in total. The Kier molecular flexibility index (Phi) is 4.11. The molecule has 0 spiro atoms. The van der Waals surface area contributed by atoms with Crippen LogP contribution >= 0.6 is 0 Å². The number of aromatic nitrogens is 2. The summed E-state index contributed by atoms with van der Waals surface area (Å²) in [5.41, 5.74) is 3.28. The molecule has 9 heteroatoms. The Bertz CT molecular complexity index is 1280. The number of halogens is 1. The molecule has 0 radical (unpaired) electrons. The molecule has 8 nitrogen and oxygen atoms in total. The SMILES string of the molecule is O=C(CN1C(=O)N2CCN=C2c2cnn(-c3ccc(F)cc3)c21)N1CCc2ccccc21. The molecule has 0 aliphatic carbocycles. The summed E-state index contributed by atoms with van der Waals surface area (Å²) in [6.45, 7) is 1.42. The van der Waals surface area contributed by atoms with Crippen LogP contribution in [0.1, 0.15) is 11.1 Å². The van der Waals surface area contributed by atoms with Crippen molar-refractivity contribution in [1.82, 2.24) is 14.7 Å². The third kappa shape index (κ3) is 2.74. The minimum absolute atomic E-state index is 0.128. The number of fused-ring (bicyclic) bond motifs is 4. The van der Waals surface area contributed by atoms with Gasteiger partial charge in [0.15, 0.2) is 5.82 Å². The third-order valence-electron chi connectivity index (χ3n) is 6.10. The lowest BCUT2D eigenvalue weighted by Gasteiger charge is -2.34. The largest absolute Gasteiger partial charge is 0.331 e. The fourth-order valence-electron chi connectivity index (χ4n) is 4.59. The number of urea groups is 1. The van der Waals surface area contributed by atoms with Crippen molar-refractivity contribution in [2.75, 3.05) is 36.0 Å². The lowest BCUT2D eigenvalue weighted by atomic mass is 10.2. The Hall–Kier alpha value is -4.01. The van der Waals surface area contributed by atoms with Crippen molar-refractivity contribution >= 4 is 29.3 Å². The fraction of sp³-hybridized carbons (Fsp3) is 0.217. The van der Waals surface area contributed by atoms with E-state index in [0.29, 0.717) is 42.5 Å². The van der Waals surface area contributed by atoms with Gasteiger partial charge in [-0.2, -0.15) is 5.10 Å². The van der Waals surface area contributed by atoms with Crippen molar-refractivity contribution in [3.8, 4) is 5.69 Å². The van der Waals surface area contributed by atoms with Gasteiger partial charge in [-0.25, -0.2) is 13.9 Å². The smallest absolute Gasteiger partial charge is 0.310 e. The highest BCUT2D eigenvalue weighted by Crippen LogP contribution is 2.34. The number of benzene rings is 2. The van der Waals surface area contributed by atoms with Crippen LogP contribution < -0.4 is 9.80 Å². The fourth-order valence-corrected chi connectivity index (χ4v) is 4.59. The van der Waals surface area contributed by atoms with Crippen LogP contribution in [0.4, 0.5) is 20.7 Å². The molecule has 0 atom stereocenters. The second kappa shape index (κ2) is 7.01. The zero-order valence-corrected chi connectivity index (χ0v) is 17.1. The number of hydrogen-bond acceptors (Lipinski definition) is 4. The van der Waals surface area contributed by atoms with E-state index in [9.17, 15) is 14.0 Å². The predicted molar refractivity (Wildman–Crippen MR) is 117 cm³/mol. The van der Waals surface area contributed by atoms with Gasteiger partial charge in [0.2, 0.25) is 5.91 Å². The number of amides is 3. The Morgan fingerprint density at radius 1 is 1.06 bits per heavy atom. The summed E-state index contributed by atoms with van der Waals surface area (Å²) in [7, 11) is 0. The number of hydrogen-bond donors (Lipinski definition) is 0. The number of carbonyl (C=O) groups excluding carboxylic acids is 2. The molecule has 4 heterocycles. The first-order valence-corrected chi connectivity index (χ1v) is 10.5. The van der Waals surface area contributed by atoms with E-state index in [2.05, 4.69) is 10.1 Å². The maximum atomic E-state index is 13.5. The molecular weight excluding hydrogens is 411 g/mol. The first kappa shape index (κ1) is 18.7. The van der Waals surface area contributed by atoms with E-state index in [-0.39, 0.29) is 24.3 Å². The lowest BCUT2D eigenvalue weighted by Crippen LogP contribution is -2.53. The molecule has 32 heavy (non-hydrogen) atoms. The first-order valence-electron chi connectivity index (χ1n) is 10.5. The first-order chi connectivity index (χ1) is 15.6. The normalized spacial score (nSPS) is 16.7. The van der Waals surface area contributed by atoms with Gasteiger partial charge in [0, 0.05) is 18.8 Å². The number of aliphatic imine (C=N–C) groups is 1. The van der Waals surface area contributed by atoms with Crippen molar-refractivity contribution in [3.63, 3.8) is 0 Å². The summed E-state index contributed by atoms with van der Waals surface area (Å²) in [6, 6.07) is 13.4. The average Bonchev–Trinajstić information content (AvgIpc) is 3.54. The lowest BCUT2D eigenvalue weighted by molar-refractivity contribution is -0.117. The van der Waals surface area contributed by atoms with Crippen molar-refractivity contribution in [2.24, 2.45) is 4.99 Å². The molecule has 0 saturated heterocycles. The number of anilines is 2. The molecule has 3 aliphatic heterocycles. The third-order valence-corrected chi connectivity index (χ3v) is 6.10. The van der Waals surface area contributed by atoms with E-state index in [4.69, 9.17) is 0 Å². The van der Waals surface area contributed by atoms with Crippen LogP contribution in [-0.4, -0.2) is 58.6 Å². The average molecular weight is 430 g/mol. The van der Waals surface area contributed by atoms with E-state index in [0.717, 1.165) is 17.7 Å². The topological polar surface area (TPSA) is 74.0 Å². The van der Waals surface area contributed by atoms with Crippen LogP contribution in [0, 0.1) is 5.82 Å². The Labute approximate surface area is 183 Å². The van der Waals surface area contributed by atoms with Gasteiger partial charge in [-0.05, 0) is 42.3 Å². The summed E-state index contributed by atoms with van der Waals surface area (Å²) in [5, 5.41) is 4.45. The monoisotopic (exact) mass is 430 g/mol. The summed E-state index contributed by atoms with van der Waals surface area (Å²) in [5.74, 6) is 0.505. The number of amidine groups is 1. The Balaban J connectivity index is 1.41. The molecule has 3 aliphatic rings. The van der Waals surface area contributed by atoms with Gasteiger partial charge in [-0.3, -0.25) is 19.6 Å². The molecule has 2 aromatic carbocycles. The van der Waals surface area contributed by atoms with E-state index < -0.39 is 0 Å². The van der Waals surface area contributed by atoms with Gasteiger partial charge in [0.1, 0.15) is 18.2 Å². The van der Waals surface area contributed by atoms with Crippen LogP contribution in [0.25, 0.3) is 5.69 Å². The number of carbonyl (C=O) groups is 2. The zero-order valence-electron chi connectivity index (χ0n) is 17.1. The maximum Gasteiger partial charge on any atom is 0.331 e. The second-order valence-electron chi connectivity index (χ2n) is 7.92. The Morgan fingerprint density at radius 3 is 2.72 bits per heavy atom. The molecule has 0 bridgehead atoms. The Morgan fingerprint density at radius 2 is 1.88 bits per heavy atom. The highest BCUT2D eigenvalue weighted by atomic mass is 19.1. The molecule has 1 aromatic heterocycles. The summed E-state index contributed by atoms with van der Waals surface area (Å²) in [4.78, 5) is 36.0. The summed E-state index contributed by atoms with van der Waals surface area (Å²) < 4.78 is 15.0. The number of nitrogens with zero attached hydrogens (tertiary/aromatic N) is 6. The molecule has 3 aromatic rings. The highest BCUT2D eigenvalue weighted by molar-refractivity contribution is 6.20. The quantitative estimate of drug-likeness (QED) is 0.641. The zero-order chi connectivity index (χ0) is 21.8. The van der Waals surface area contributed by atoms with Crippen LogP contribution in [0.3, 0.4) is 0 Å². The van der Waals surface area contributed by atoms with E-state index >= 15 is 0 Å². The predicted octanol–water partition coefficient (Wildman–Crippen LogP) is 2.60. The van der Waals surface area contributed by atoms with Gasteiger partial charge < -0.3 is 4.90 Å². The van der Waals surface area contributed by atoms with Gasteiger partial charge >= 0.3 is 6.03 Å². The molecule has 0 fully saturated rings. The van der Waals surface area contributed by atoms with Gasteiger partial charge in [-0.15, -0.1) is 0 Å². The molecule has 6 rings (SSSR count). The van der Waals surface area contributed by atoms with Gasteiger partial charge in [-0.1, -0.05) is 18.2 Å². The molecule has 160 valence electrons. The van der Waals surface area contributed by atoms with Gasteiger partial charge in [0.25, 0.3) is 0 Å². The number of rotatable bonds is 3. The van der Waals surface area contributed by atoms with Gasteiger partial charge in [0.05, 0.1) is 24.0 Å². The van der Waals surface area contributed by atoms with E-state index in [1.807, 2.05) is 24.3 Å². The number of para-hydroxylation sites is 1. The van der Waals surface area contributed by atoms with Crippen LogP contribution in [0.15, 0.2) is 59.7 Å². The van der Waals surface area contributed by atoms with Crippen molar-refractivity contribution in [2.45, 2.75) is 6.42 Å². The van der Waals surface area contributed by atoms with Crippen molar-refractivity contribution in [3.05, 3.63) is 71.7 Å². The molecule has 0 unspecified atom stereocenters. The van der Waals surface area contributed by atoms with Crippen LogP contribution in [0.5, 0.6) is 0 Å². The second-order valence-corrected chi connectivity index (χ2v) is 7.92. The maximum absolute atomic E-state index is 13.5. The standard InChI is InChI=1S/C23H19FN6O2/c24-16-5-7-17(8-6-16)30-22-18(13-26-30)21-25-10-12-28(21)23(32)29(22)14-20(31)27-11-9-15-3-1-2-4-19(15)27/h1-8,13H,9-12,14H2.